The zero-order valence-electron chi connectivity index (χ0n) is 13.2. The highest BCUT2D eigenvalue weighted by atomic mass is 32.1. The predicted octanol–water partition coefficient (Wildman–Crippen LogP) is 3.11. The van der Waals surface area contributed by atoms with Gasteiger partial charge in [-0.15, -0.1) is 11.3 Å². The Morgan fingerprint density at radius 2 is 2.20 bits per heavy atom. The maximum Gasteiger partial charge on any atom is 0.114 e. The van der Waals surface area contributed by atoms with E-state index < -0.39 is 0 Å². The van der Waals surface area contributed by atoms with Crippen LogP contribution < -0.4 is 5.32 Å². The van der Waals surface area contributed by atoms with Gasteiger partial charge in [-0.3, -0.25) is 4.90 Å². The van der Waals surface area contributed by atoms with Crippen LogP contribution in [0.3, 0.4) is 0 Å². The standard InChI is InChI=1S/C16H27N3S/c1-5-17-16(8-9-19(11-16)12-6-7-12)14-18-13(10-20-14)15(2,3)4/h10,12,17H,5-9,11H2,1-4H3. The summed E-state index contributed by atoms with van der Waals surface area (Å²) in [4.78, 5) is 7.67. The topological polar surface area (TPSA) is 28.2 Å². The summed E-state index contributed by atoms with van der Waals surface area (Å²) in [5.41, 5.74) is 1.49. The molecule has 1 aromatic heterocycles. The van der Waals surface area contributed by atoms with Crippen LogP contribution in [0, 0.1) is 0 Å². The number of hydrogen-bond donors (Lipinski definition) is 1. The fourth-order valence-electron chi connectivity index (χ4n) is 3.16. The van der Waals surface area contributed by atoms with Crippen LogP contribution in [0.2, 0.25) is 0 Å². The smallest absolute Gasteiger partial charge is 0.114 e. The minimum Gasteiger partial charge on any atom is -0.305 e. The van der Waals surface area contributed by atoms with E-state index >= 15 is 0 Å². The van der Waals surface area contributed by atoms with Gasteiger partial charge in [-0.05, 0) is 25.8 Å². The zero-order valence-corrected chi connectivity index (χ0v) is 14.0. The fourth-order valence-corrected chi connectivity index (χ4v) is 4.41. The van der Waals surface area contributed by atoms with Crippen LogP contribution in [-0.4, -0.2) is 35.6 Å². The van der Waals surface area contributed by atoms with Crippen LogP contribution in [0.1, 0.15) is 57.7 Å². The molecule has 112 valence electrons. The van der Waals surface area contributed by atoms with Crippen LogP contribution in [0.5, 0.6) is 0 Å². The number of aromatic nitrogens is 1. The second kappa shape index (κ2) is 5.08. The van der Waals surface area contributed by atoms with Gasteiger partial charge in [0.2, 0.25) is 0 Å². The first kappa shape index (κ1) is 14.5. The van der Waals surface area contributed by atoms with Gasteiger partial charge in [-0.1, -0.05) is 27.7 Å². The summed E-state index contributed by atoms with van der Waals surface area (Å²) >= 11 is 1.85. The van der Waals surface area contributed by atoms with Crippen molar-refractivity contribution in [3.05, 3.63) is 16.1 Å². The van der Waals surface area contributed by atoms with Crippen molar-refractivity contribution in [2.24, 2.45) is 0 Å². The lowest BCUT2D eigenvalue weighted by Crippen LogP contribution is -2.45. The quantitative estimate of drug-likeness (QED) is 0.924. The van der Waals surface area contributed by atoms with Crippen molar-refractivity contribution in [1.29, 1.82) is 0 Å². The predicted molar refractivity (Wildman–Crippen MR) is 85.4 cm³/mol. The minimum atomic E-state index is 0.103. The molecule has 4 heteroatoms. The minimum absolute atomic E-state index is 0.103. The van der Waals surface area contributed by atoms with E-state index in [-0.39, 0.29) is 11.0 Å². The molecule has 1 aromatic rings. The van der Waals surface area contributed by atoms with Gasteiger partial charge in [-0.25, -0.2) is 4.98 Å². The molecule has 20 heavy (non-hydrogen) atoms. The number of thiazole rings is 1. The first-order valence-corrected chi connectivity index (χ1v) is 8.78. The lowest BCUT2D eigenvalue weighted by Gasteiger charge is -2.28. The van der Waals surface area contributed by atoms with Gasteiger partial charge in [-0.2, -0.15) is 0 Å². The van der Waals surface area contributed by atoms with E-state index in [1.807, 2.05) is 11.3 Å². The first-order chi connectivity index (χ1) is 9.44. The highest BCUT2D eigenvalue weighted by molar-refractivity contribution is 7.09. The lowest BCUT2D eigenvalue weighted by atomic mass is 9.93. The van der Waals surface area contributed by atoms with E-state index in [1.165, 1.54) is 36.5 Å². The molecule has 1 saturated carbocycles. The molecule has 3 nitrogen and oxygen atoms in total. The van der Waals surface area contributed by atoms with Crippen LogP contribution in [-0.2, 0) is 11.0 Å². The summed E-state index contributed by atoms with van der Waals surface area (Å²) in [6.45, 7) is 12.3. The molecule has 0 bridgehead atoms. The summed E-state index contributed by atoms with van der Waals surface area (Å²) in [6.07, 6.45) is 4.00. The molecule has 1 aliphatic heterocycles. The van der Waals surface area contributed by atoms with Gasteiger partial charge in [0.15, 0.2) is 0 Å². The first-order valence-electron chi connectivity index (χ1n) is 7.90. The molecule has 1 unspecified atom stereocenters. The van der Waals surface area contributed by atoms with E-state index in [4.69, 9.17) is 4.98 Å². The molecule has 2 heterocycles. The largest absolute Gasteiger partial charge is 0.305 e. The molecule has 0 radical (unpaired) electrons. The number of likely N-dealkylation sites (N-methyl/N-ethyl adjacent to an activating group) is 1. The molecule has 1 saturated heterocycles. The van der Waals surface area contributed by atoms with E-state index in [9.17, 15) is 0 Å². The van der Waals surface area contributed by atoms with Crippen LogP contribution in [0.15, 0.2) is 5.38 Å². The Balaban J connectivity index is 1.85. The number of hydrogen-bond acceptors (Lipinski definition) is 4. The second-order valence-electron chi connectivity index (χ2n) is 7.35. The molecule has 1 aliphatic carbocycles. The molecule has 0 spiro atoms. The second-order valence-corrected chi connectivity index (χ2v) is 8.21. The lowest BCUT2D eigenvalue weighted by molar-refractivity contribution is 0.276. The normalized spacial score (nSPS) is 28.2. The zero-order chi connectivity index (χ0) is 14.4. The van der Waals surface area contributed by atoms with Crippen molar-refractivity contribution in [3.63, 3.8) is 0 Å². The van der Waals surface area contributed by atoms with Crippen molar-refractivity contribution in [3.8, 4) is 0 Å². The Labute approximate surface area is 126 Å². The van der Waals surface area contributed by atoms with Gasteiger partial charge >= 0.3 is 0 Å². The fraction of sp³-hybridized carbons (Fsp3) is 0.812. The Kier molecular flexibility index (Phi) is 3.68. The molecule has 1 N–H and O–H groups in total. The van der Waals surface area contributed by atoms with Crippen LogP contribution in [0.25, 0.3) is 0 Å². The van der Waals surface area contributed by atoms with Crippen molar-refractivity contribution < 1.29 is 0 Å². The highest BCUT2D eigenvalue weighted by Gasteiger charge is 2.45. The summed E-state index contributed by atoms with van der Waals surface area (Å²) in [7, 11) is 0. The Bertz CT molecular complexity index is 472. The van der Waals surface area contributed by atoms with Gasteiger partial charge in [0, 0.05) is 29.9 Å². The Morgan fingerprint density at radius 3 is 2.75 bits per heavy atom. The van der Waals surface area contributed by atoms with Crippen LogP contribution in [0.4, 0.5) is 0 Å². The van der Waals surface area contributed by atoms with Gasteiger partial charge in [0.1, 0.15) is 5.01 Å². The van der Waals surface area contributed by atoms with Gasteiger partial charge in [0.25, 0.3) is 0 Å². The molecule has 2 fully saturated rings. The molecule has 0 amide bonds. The number of rotatable bonds is 4. The highest BCUT2D eigenvalue weighted by Crippen LogP contribution is 2.40. The summed E-state index contributed by atoms with van der Waals surface area (Å²) in [5, 5.41) is 7.31. The molecular formula is C16H27N3S. The van der Waals surface area contributed by atoms with Gasteiger partial charge < -0.3 is 5.32 Å². The van der Waals surface area contributed by atoms with Crippen LogP contribution >= 0.6 is 11.3 Å². The monoisotopic (exact) mass is 293 g/mol. The number of likely N-dealkylation sites (tertiary alicyclic amines) is 1. The Morgan fingerprint density at radius 1 is 1.45 bits per heavy atom. The van der Waals surface area contributed by atoms with E-state index in [0.717, 1.165) is 19.1 Å². The average Bonchev–Trinajstić information content (AvgIpc) is 2.92. The van der Waals surface area contributed by atoms with Crippen molar-refractivity contribution in [1.82, 2.24) is 15.2 Å². The van der Waals surface area contributed by atoms with Crippen molar-refractivity contribution in [2.45, 2.75) is 64.0 Å². The third-order valence-electron chi connectivity index (χ3n) is 4.56. The summed E-state index contributed by atoms with van der Waals surface area (Å²) < 4.78 is 0. The number of nitrogens with one attached hydrogen (secondary N) is 1. The van der Waals surface area contributed by atoms with Crippen molar-refractivity contribution >= 4 is 11.3 Å². The summed E-state index contributed by atoms with van der Waals surface area (Å²) in [6, 6.07) is 0.859. The molecule has 3 rings (SSSR count). The molecule has 0 aromatic carbocycles. The number of nitrogens with zero attached hydrogens (tertiary/aromatic N) is 2. The Hall–Kier alpha value is -0.450. The maximum absolute atomic E-state index is 5.00. The summed E-state index contributed by atoms with van der Waals surface area (Å²) in [5.74, 6) is 0. The molecular weight excluding hydrogens is 266 g/mol. The maximum atomic E-state index is 5.00. The van der Waals surface area contributed by atoms with E-state index in [1.54, 1.807) is 0 Å². The third-order valence-corrected chi connectivity index (χ3v) is 5.61. The molecule has 2 aliphatic rings. The third kappa shape index (κ3) is 2.66. The SMILES string of the molecule is CCNC1(c2nc(C(C)(C)C)cs2)CCN(C2CC2)C1. The van der Waals surface area contributed by atoms with Gasteiger partial charge in [0.05, 0.1) is 11.2 Å². The van der Waals surface area contributed by atoms with E-state index in [2.05, 4.69) is 43.3 Å². The van der Waals surface area contributed by atoms with E-state index in [0.29, 0.717) is 0 Å². The molecule has 1 atom stereocenters. The average molecular weight is 293 g/mol. The van der Waals surface area contributed by atoms with Crippen molar-refractivity contribution in [2.75, 3.05) is 19.6 Å².